The molecule has 0 atom stereocenters. The van der Waals surface area contributed by atoms with Crippen LogP contribution in [0.4, 0.5) is 0 Å². The topological polar surface area (TPSA) is 38.3 Å². The third-order valence-corrected chi connectivity index (χ3v) is 3.53. The lowest BCUT2D eigenvalue weighted by molar-refractivity contribution is -0.127. The number of benzene rings is 2. The van der Waals surface area contributed by atoms with Crippen LogP contribution in [0.15, 0.2) is 60.7 Å². The number of ether oxygens (including phenoxy) is 1. The standard InChI is InChI=1S/C18H19NO2/c20-17(19-16-11-12-16)13-21-18(14-7-3-1-4-8-14)15-9-5-2-6-10-15/h1-10,16,18H,11-13H2,(H,19,20). The summed E-state index contributed by atoms with van der Waals surface area (Å²) >= 11 is 0. The summed E-state index contributed by atoms with van der Waals surface area (Å²) in [7, 11) is 0. The molecular weight excluding hydrogens is 262 g/mol. The van der Waals surface area contributed by atoms with Gasteiger partial charge in [-0.2, -0.15) is 0 Å². The summed E-state index contributed by atoms with van der Waals surface area (Å²) in [4.78, 5) is 11.8. The SMILES string of the molecule is O=C(COC(c1ccccc1)c1ccccc1)NC1CC1. The Morgan fingerprint density at radius 3 is 2.00 bits per heavy atom. The summed E-state index contributed by atoms with van der Waals surface area (Å²) in [6, 6.07) is 20.4. The van der Waals surface area contributed by atoms with Gasteiger partial charge in [-0.1, -0.05) is 60.7 Å². The first kappa shape index (κ1) is 13.8. The van der Waals surface area contributed by atoms with Crippen LogP contribution in [0.3, 0.4) is 0 Å². The number of carbonyl (C=O) groups excluding carboxylic acids is 1. The van der Waals surface area contributed by atoms with Crippen molar-refractivity contribution < 1.29 is 9.53 Å². The molecule has 1 aliphatic carbocycles. The number of amides is 1. The molecule has 3 heteroatoms. The van der Waals surface area contributed by atoms with Crippen molar-refractivity contribution in [1.29, 1.82) is 0 Å². The fourth-order valence-corrected chi connectivity index (χ4v) is 2.30. The maximum absolute atomic E-state index is 11.8. The molecule has 1 fully saturated rings. The molecule has 1 saturated carbocycles. The Kier molecular flexibility index (Phi) is 4.31. The zero-order chi connectivity index (χ0) is 14.5. The predicted octanol–water partition coefficient (Wildman–Crippen LogP) is 3.07. The van der Waals surface area contributed by atoms with Crippen LogP contribution in [-0.2, 0) is 9.53 Å². The van der Waals surface area contributed by atoms with E-state index in [-0.39, 0.29) is 18.6 Å². The highest BCUT2D eigenvalue weighted by Gasteiger charge is 2.24. The van der Waals surface area contributed by atoms with Crippen LogP contribution >= 0.6 is 0 Å². The first-order chi connectivity index (χ1) is 10.3. The monoisotopic (exact) mass is 281 g/mol. The van der Waals surface area contributed by atoms with Gasteiger partial charge >= 0.3 is 0 Å². The third kappa shape index (κ3) is 3.92. The number of hydrogen-bond donors (Lipinski definition) is 1. The molecule has 21 heavy (non-hydrogen) atoms. The molecule has 0 aromatic heterocycles. The minimum atomic E-state index is -0.211. The van der Waals surface area contributed by atoms with Crippen LogP contribution in [0.2, 0.25) is 0 Å². The second-order valence-corrected chi connectivity index (χ2v) is 5.35. The third-order valence-electron chi connectivity index (χ3n) is 3.53. The van der Waals surface area contributed by atoms with E-state index in [1.165, 1.54) is 0 Å². The summed E-state index contributed by atoms with van der Waals surface area (Å²) in [5.41, 5.74) is 2.12. The van der Waals surface area contributed by atoms with E-state index < -0.39 is 0 Å². The van der Waals surface area contributed by atoms with Crippen LogP contribution < -0.4 is 5.32 Å². The molecule has 3 rings (SSSR count). The fraction of sp³-hybridized carbons (Fsp3) is 0.278. The van der Waals surface area contributed by atoms with Gasteiger partial charge in [0.1, 0.15) is 12.7 Å². The van der Waals surface area contributed by atoms with Gasteiger partial charge in [-0.25, -0.2) is 0 Å². The zero-order valence-electron chi connectivity index (χ0n) is 11.9. The van der Waals surface area contributed by atoms with Crippen LogP contribution in [-0.4, -0.2) is 18.6 Å². The van der Waals surface area contributed by atoms with Gasteiger partial charge in [0.25, 0.3) is 0 Å². The number of hydrogen-bond acceptors (Lipinski definition) is 2. The molecule has 0 aliphatic heterocycles. The molecule has 0 heterocycles. The van der Waals surface area contributed by atoms with Gasteiger partial charge < -0.3 is 10.1 Å². The highest BCUT2D eigenvalue weighted by molar-refractivity contribution is 5.77. The Morgan fingerprint density at radius 2 is 1.52 bits per heavy atom. The zero-order valence-corrected chi connectivity index (χ0v) is 11.9. The van der Waals surface area contributed by atoms with Gasteiger partial charge in [0.2, 0.25) is 5.91 Å². The normalized spacial score (nSPS) is 14.1. The minimum absolute atomic E-state index is 0.0330. The van der Waals surface area contributed by atoms with Crippen LogP contribution in [0.5, 0.6) is 0 Å². The average molecular weight is 281 g/mol. The summed E-state index contributed by atoms with van der Waals surface area (Å²) < 4.78 is 5.89. The average Bonchev–Trinajstić information content (AvgIpc) is 3.33. The van der Waals surface area contributed by atoms with Crippen molar-refractivity contribution in [3.8, 4) is 0 Å². The largest absolute Gasteiger partial charge is 0.359 e. The van der Waals surface area contributed by atoms with E-state index in [1.54, 1.807) is 0 Å². The van der Waals surface area contributed by atoms with Gasteiger partial charge in [0, 0.05) is 6.04 Å². The summed E-state index contributed by atoms with van der Waals surface area (Å²) in [5.74, 6) is -0.0330. The molecule has 2 aromatic carbocycles. The Balaban J connectivity index is 1.71. The van der Waals surface area contributed by atoms with Gasteiger partial charge in [-0.15, -0.1) is 0 Å². The number of carbonyl (C=O) groups is 1. The highest BCUT2D eigenvalue weighted by Crippen LogP contribution is 2.25. The van der Waals surface area contributed by atoms with Gasteiger partial charge in [-0.05, 0) is 24.0 Å². The first-order valence-electron chi connectivity index (χ1n) is 7.34. The maximum atomic E-state index is 11.8. The molecule has 0 spiro atoms. The van der Waals surface area contributed by atoms with E-state index in [9.17, 15) is 4.79 Å². The van der Waals surface area contributed by atoms with Crippen LogP contribution in [0.25, 0.3) is 0 Å². The lowest BCUT2D eigenvalue weighted by atomic mass is 10.0. The first-order valence-corrected chi connectivity index (χ1v) is 7.34. The van der Waals surface area contributed by atoms with Crippen molar-refractivity contribution in [1.82, 2.24) is 5.32 Å². The summed E-state index contributed by atoms with van der Waals surface area (Å²) in [5, 5.41) is 2.95. The molecule has 3 nitrogen and oxygen atoms in total. The number of nitrogens with one attached hydrogen (secondary N) is 1. The molecule has 1 N–H and O–H groups in total. The van der Waals surface area contributed by atoms with Crippen molar-refractivity contribution in [2.75, 3.05) is 6.61 Å². The molecule has 108 valence electrons. The molecule has 0 radical (unpaired) electrons. The Labute approximate surface area is 124 Å². The summed E-state index contributed by atoms with van der Waals surface area (Å²) in [6.45, 7) is 0.0882. The van der Waals surface area contributed by atoms with Crippen LogP contribution in [0.1, 0.15) is 30.1 Å². The lowest BCUT2D eigenvalue weighted by Gasteiger charge is -2.18. The Hall–Kier alpha value is -2.13. The van der Waals surface area contributed by atoms with Gasteiger partial charge in [0.05, 0.1) is 0 Å². The highest BCUT2D eigenvalue weighted by atomic mass is 16.5. The Bertz CT molecular complexity index is 539. The van der Waals surface area contributed by atoms with Crippen LogP contribution in [0, 0.1) is 0 Å². The molecule has 0 bridgehead atoms. The molecular formula is C18H19NO2. The second-order valence-electron chi connectivity index (χ2n) is 5.35. The van der Waals surface area contributed by atoms with Crippen molar-refractivity contribution in [3.05, 3.63) is 71.8 Å². The van der Waals surface area contributed by atoms with E-state index >= 15 is 0 Å². The molecule has 0 saturated heterocycles. The van der Waals surface area contributed by atoms with Crippen molar-refractivity contribution in [2.24, 2.45) is 0 Å². The fourth-order valence-electron chi connectivity index (χ4n) is 2.30. The van der Waals surface area contributed by atoms with E-state index in [0.29, 0.717) is 6.04 Å². The van der Waals surface area contributed by atoms with E-state index in [4.69, 9.17) is 4.74 Å². The minimum Gasteiger partial charge on any atom is -0.359 e. The lowest BCUT2D eigenvalue weighted by Crippen LogP contribution is -2.30. The second kappa shape index (κ2) is 6.55. The quantitative estimate of drug-likeness (QED) is 0.883. The molecule has 1 aliphatic rings. The van der Waals surface area contributed by atoms with Crippen molar-refractivity contribution in [2.45, 2.75) is 25.0 Å². The van der Waals surface area contributed by atoms with Crippen molar-refractivity contribution >= 4 is 5.91 Å². The van der Waals surface area contributed by atoms with E-state index in [2.05, 4.69) is 5.32 Å². The Morgan fingerprint density at radius 1 is 1.00 bits per heavy atom. The van der Waals surface area contributed by atoms with Gasteiger partial charge in [0.15, 0.2) is 0 Å². The van der Waals surface area contributed by atoms with Crippen molar-refractivity contribution in [3.63, 3.8) is 0 Å². The maximum Gasteiger partial charge on any atom is 0.246 e. The molecule has 1 amide bonds. The summed E-state index contributed by atoms with van der Waals surface area (Å²) in [6.07, 6.45) is 1.97. The van der Waals surface area contributed by atoms with E-state index in [0.717, 1.165) is 24.0 Å². The van der Waals surface area contributed by atoms with E-state index in [1.807, 2.05) is 60.7 Å². The number of rotatable bonds is 6. The molecule has 2 aromatic rings. The predicted molar refractivity (Wildman–Crippen MR) is 81.8 cm³/mol. The van der Waals surface area contributed by atoms with Gasteiger partial charge in [-0.3, -0.25) is 4.79 Å². The smallest absolute Gasteiger partial charge is 0.246 e. The molecule has 0 unspecified atom stereocenters.